The maximum Gasteiger partial charge on any atom is 0.166 e. The number of halogens is 2. The van der Waals surface area contributed by atoms with Gasteiger partial charge in [-0.3, -0.25) is 0 Å². The average Bonchev–Trinajstić information content (AvgIpc) is 2.21. The Morgan fingerprint density at radius 1 is 1.67 bits per heavy atom. The summed E-state index contributed by atoms with van der Waals surface area (Å²) in [7, 11) is 0. The van der Waals surface area contributed by atoms with Crippen molar-refractivity contribution in [1.82, 2.24) is 4.98 Å². The van der Waals surface area contributed by atoms with Gasteiger partial charge in [0.2, 0.25) is 0 Å². The molecule has 0 saturated carbocycles. The number of nitrogens with two attached hydrogens (primary N) is 1. The first-order valence-corrected chi connectivity index (χ1v) is 5.32. The molecule has 84 valence electrons. The zero-order valence-electron chi connectivity index (χ0n) is 8.63. The van der Waals surface area contributed by atoms with Crippen LogP contribution in [0, 0.1) is 5.82 Å². The van der Waals surface area contributed by atoms with Gasteiger partial charge in [-0.15, -0.1) is 0 Å². The van der Waals surface area contributed by atoms with E-state index in [9.17, 15) is 4.39 Å². The van der Waals surface area contributed by atoms with Crippen LogP contribution in [0.3, 0.4) is 0 Å². The molecule has 0 amide bonds. The maximum absolute atomic E-state index is 13.3. The van der Waals surface area contributed by atoms with Gasteiger partial charge in [-0.2, -0.15) is 0 Å². The molecule has 1 rings (SSSR count). The van der Waals surface area contributed by atoms with E-state index in [-0.39, 0.29) is 11.9 Å². The van der Waals surface area contributed by atoms with E-state index in [4.69, 9.17) is 17.3 Å². The van der Waals surface area contributed by atoms with Crippen molar-refractivity contribution in [2.24, 2.45) is 5.73 Å². The first kappa shape index (κ1) is 12.2. The minimum atomic E-state index is -0.432. The maximum atomic E-state index is 13.3. The second-order valence-corrected chi connectivity index (χ2v) is 3.75. The lowest BCUT2D eigenvalue weighted by atomic mass is 10.1. The first-order valence-electron chi connectivity index (χ1n) is 4.95. The summed E-state index contributed by atoms with van der Waals surface area (Å²) in [6.45, 7) is 2.59. The number of nitrogens with one attached hydrogen (secondary N) is 1. The molecule has 0 bridgehead atoms. The van der Waals surface area contributed by atoms with Crippen LogP contribution in [0.25, 0.3) is 0 Å². The smallest absolute Gasteiger partial charge is 0.166 e. The van der Waals surface area contributed by atoms with Gasteiger partial charge in [0.25, 0.3) is 0 Å². The zero-order chi connectivity index (χ0) is 11.3. The van der Waals surface area contributed by atoms with Crippen LogP contribution in [0.1, 0.15) is 19.8 Å². The van der Waals surface area contributed by atoms with Gasteiger partial charge in [0.15, 0.2) is 11.6 Å². The van der Waals surface area contributed by atoms with Gasteiger partial charge >= 0.3 is 0 Å². The molecule has 1 heterocycles. The fourth-order valence-electron chi connectivity index (χ4n) is 1.29. The monoisotopic (exact) mass is 231 g/mol. The molecule has 0 fully saturated rings. The largest absolute Gasteiger partial charge is 0.365 e. The van der Waals surface area contributed by atoms with E-state index in [1.807, 2.05) is 6.92 Å². The predicted octanol–water partition coefficient (Wildman–Crippen LogP) is 2.41. The lowest BCUT2D eigenvalue weighted by Gasteiger charge is -2.16. The van der Waals surface area contributed by atoms with Crippen molar-refractivity contribution < 1.29 is 4.39 Å². The van der Waals surface area contributed by atoms with Crippen molar-refractivity contribution in [1.29, 1.82) is 0 Å². The van der Waals surface area contributed by atoms with E-state index in [0.717, 1.165) is 12.8 Å². The SMILES string of the molecule is CCC(CCN)Nc1ncc(Cl)cc1F. The third-order valence-corrected chi connectivity index (χ3v) is 2.36. The summed E-state index contributed by atoms with van der Waals surface area (Å²) in [6, 6.07) is 1.39. The molecule has 0 aliphatic heterocycles. The third kappa shape index (κ3) is 3.64. The molecule has 1 aromatic heterocycles. The molecule has 0 radical (unpaired) electrons. The Labute approximate surface area is 93.8 Å². The highest BCUT2D eigenvalue weighted by Gasteiger charge is 2.09. The summed E-state index contributed by atoms with van der Waals surface area (Å²) >= 11 is 5.60. The fraction of sp³-hybridized carbons (Fsp3) is 0.500. The van der Waals surface area contributed by atoms with Crippen LogP contribution in [-0.2, 0) is 0 Å². The number of nitrogens with zero attached hydrogens (tertiary/aromatic N) is 1. The summed E-state index contributed by atoms with van der Waals surface area (Å²) in [5, 5.41) is 3.30. The van der Waals surface area contributed by atoms with Gasteiger partial charge in [-0.05, 0) is 25.5 Å². The molecule has 1 atom stereocenters. The molecule has 1 unspecified atom stereocenters. The van der Waals surface area contributed by atoms with Crippen LogP contribution in [0.4, 0.5) is 10.2 Å². The number of rotatable bonds is 5. The van der Waals surface area contributed by atoms with Gasteiger partial charge in [0, 0.05) is 12.2 Å². The Bertz CT molecular complexity index is 320. The number of pyridine rings is 1. The lowest BCUT2D eigenvalue weighted by Crippen LogP contribution is -2.23. The molecule has 3 nitrogen and oxygen atoms in total. The van der Waals surface area contributed by atoms with E-state index in [0.29, 0.717) is 11.6 Å². The van der Waals surface area contributed by atoms with Gasteiger partial charge in [-0.1, -0.05) is 18.5 Å². The van der Waals surface area contributed by atoms with Crippen LogP contribution in [0.2, 0.25) is 5.02 Å². The van der Waals surface area contributed by atoms with E-state index in [1.165, 1.54) is 12.3 Å². The number of aromatic nitrogens is 1. The molecule has 0 saturated heterocycles. The van der Waals surface area contributed by atoms with E-state index in [1.54, 1.807) is 0 Å². The zero-order valence-corrected chi connectivity index (χ0v) is 9.39. The quantitative estimate of drug-likeness (QED) is 0.818. The normalized spacial score (nSPS) is 12.5. The third-order valence-electron chi connectivity index (χ3n) is 2.16. The Kier molecular flexibility index (Phi) is 4.78. The average molecular weight is 232 g/mol. The van der Waals surface area contributed by atoms with Crippen LogP contribution in [0.15, 0.2) is 12.3 Å². The van der Waals surface area contributed by atoms with Crippen molar-refractivity contribution in [2.75, 3.05) is 11.9 Å². The molecular formula is C10H15ClFN3. The minimum Gasteiger partial charge on any atom is -0.365 e. The molecule has 0 spiro atoms. The number of anilines is 1. The van der Waals surface area contributed by atoms with Gasteiger partial charge in [-0.25, -0.2) is 9.37 Å². The lowest BCUT2D eigenvalue weighted by molar-refractivity contribution is 0.601. The summed E-state index contributed by atoms with van der Waals surface area (Å²) in [5.74, 6) is -0.197. The van der Waals surface area contributed by atoms with E-state index < -0.39 is 5.82 Å². The Balaban J connectivity index is 2.70. The number of hydrogen-bond acceptors (Lipinski definition) is 3. The van der Waals surface area contributed by atoms with Crippen LogP contribution in [0.5, 0.6) is 0 Å². The van der Waals surface area contributed by atoms with Gasteiger partial charge in [0.1, 0.15) is 0 Å². The highest BCUT2D eigenvalue weighted by molar-refractivity contribution is 6.30. The van der Waals surface area contributed by atoms with Crippen molar-refractivity contribution >= 4 is 17.4 Å². The van der Waals surface area contributed by atoms with Crippen LogP contribution in [-0.4, -0.2) is 17.6 Å². The molecule has 5 heteroatoms. The van der Waals surface area contributed by atoms with Crippen LogP contribution < -0.4 is 11.1 Å². The molecule has 0 aromatic carbocycles. The van der Waals surface area contributed by atoms with Crippen molar-refractivity contribution in [3.63, 3.8) is 0 Å². The topological polar surface area (TPSA) is 50.9 Å². The predicted molar refractivity (Wildman–Crippen MR) is 60.6 cm³/mol. The second-order valence-electron chi connectivity index (χ2n) is 3.31. The molecule has 1 aromatic rings. The van der Waals surface area contributed by atoms with Gasteiger partial charge in [0.05, 0.1) is 5.02 Å². The van der Waals surface area contributed by atoms with Gasteiger partial charge < -0.3 is 11.1 Å². The molecule has 15 heavy (non-hydrogen) atoms. The Morgan fingerprint density at radius 2 is 2.40 bits per heavy atom. The summed E-state index contributed by atoms with van der Waals surface area (Å²) in [6.07, 6.45) is 3.09. The summed E-state index contributed by atoms with van der Waals surface area (Å²) in [4.78, 5) is 3.89. The highest BCUT2D eigenvalue weighted by atomic mass is 35.5. The minimum absolute atomic E-state index is 0.151. The van der Waals surface area contributed by atoms with Crippen molar-refractivity contribution in [3.8, 4) is 0 Å². The number of hydrogen-bond donors (Lipinski definition) is 2. The van der Waals surface area contributed by atoms with Crippen molar-refractivity contribution in [3.05, 3.63) is 23.1 Å². The molecule has 0 aliphatic carbocycles. The molecule has 3 N–H and O–H groups in total. The standard InChI is InChI=1S/C10H15ClFN3/c1-2-8(3-4-13)15-10-9(12)5-7(11)6-14-10/h5-6,8H,2-4,13H2,1H3,(H,14,15). The summed E-state index contributed by atoms with van der Waals surface area (Å²) < 4.78 is 13.3. The van der Waals surface area contributed by atoms with E-state index in [2.05, 4.69) is 10.3 Å². The molecular weight excluding hydrogens is 217 g/mol. The summed E-state index contributed by atoms with van der Waals surface area (Å²) in [5.41, 5.74) is 5.45. The highest BCUT2D eigenvalue weighted by Crippen LogP contribution is 2.17. The second kappa shape index (κ2) is 5.88. The van der Waals surface area contributed by atoms with E-state index >= 15 is 0 Å². The van der Waals surface area contributed by atoms with Crippen molar-refractivity contribution in [2.45, 2.75) is 25.8 Å². The fourth-order valence-corrected chi connectivity index (χ4v) is 1.44. The Morgan fingerprint density at radius 3 is 2.93 bits per heavy atom. The molecule has 0 aliphatic rings. The first-order chi connectivity index (χ1) is 7.17. The Hall–Kier alpha value is -0.870. The van der Waals surface area contributed by atoms with Crippen LogP contribution >= 0.6 is 11.6 Å².